The maximum absolute atomic E-state index is 2.32. The lowest BCUT2D eigenvalue weighted by molar-refractivity contribution is 0.761. The Hall–Kier alpha value is -0.520. The van der Waals surface area contributed by atoms with E-state index in [2.05, 4.69) is 39.3 Å². The second-order valence-electron chi connectivity index (χ2n) is 3.24. The van der Waals surface area contributed by atoms with Crippen LogP contribution in [0.15, 0.2) is 23.3 Å². The Morgan fingerprint density at radius 3 is 2.40 bits per heavy atom. The minimum Gasteiger partial charge on any atom is -0.0727 e. The molecule has 0 saturated carbocycles. The van der Waals surface area contributed by atoms with Gasteiger partial charge in [-0.25, -0.2) is 0 Å². The molecule has 0 spiro atoms. The van der Waals surface area contributed by atoms with Crippen LogP contribution in [0.1, 0.15) is 27.2 Å². The first-order valence-corrected chi connectivity index (χ1v) is 3.90. The lowest BCUT2D eigenvalue weighted by Gasteiger charge is -2.14. The highest BCUT2D eigenvalue weighted by molar-refractivity contribution is 5.30. The molecule has 1 aliphatic rings. The third-order valence-corrected chi connectivity index (χ3v) is 1.89. The molecule has 0 aliphatic heterocycles. The van der Waals surface area contributed by atoms with E-state index in [0.717, 1.165) is 6.42 Å². The van der Waals surface area contributed by atoms with Gasteiger partial charge in [-0.15, -0.1) is 0 Å². The van der Waals surface area contributed by atoms with E-state index in [4.69, 9.17) is 0 Å². The van der Waals surface area contributed by atoms with E-state index in [9.17, 15) is 0 Å². The molecule has 1 aliphatic carbocycles. The summed E-state index contributed by atoms with van der Waals surface area (Å²) < 4.78 is 0. The molecule has 0 bridgehead atoms. The first kappa shape index (κ1) is 7.59. The number of rotatable bonds is 1. The van der Waals surface area contributed by atoms with E-state index in [1.165, 1.54) is 11.1 Å². The van der Waals surface area contributed by atoms with Crippen LogP contribution in [0.4, 0.5) is 0 Å². The zero-order valence-corrected chi connectivity index (χ0v) is 7.02. The SMILES string of the molecule is CC1=CC=C(C(C)C)[CH]C1. The molecule has 0 unspecified atom stereocenters. The van der Waals surface area contributed by atoms with Crippen LogP contribution in [-0.2, 0) is 0 Å². The molecule has 0 heterocycles. The predicted octanol–water partition coefficient (Wildman–Crippen LogP) is 3.12. The fourth-order valence-electron chi connectivity index (χ4n) is 1.08. The fourth-order valence-corrected chi connectivity index (χ4v) is 1.08. The van der Waals surface area contributed by atoms with Crippen molar-refractivity contribution in [2.24, 2.45) is 5.92 Å². The van der Waals surface area contributed by atoms with Gasteiger partial charge in [0.25, 0.3) is 0 Å². The van der Waals surface area contributed by atoms with Crippen molar-refractivity contribution in [3.63, 3.8) is 0 Å². The number of hydrogen-bond donors (Lipinski definition) is 0. The van der Waals surface area contributed by atoms with Gasteiger partial charge in [-0.3, -0.25) is 0 Å². The minimum absolute atomic E-state index is 0.685. The highest BCUT2D eigenvalue weighted by atomic mass is 14.1. The molecule has 55 valence electrons. The van der Waals surface area contributed by atoms with Gasteiger partial charge in [-0.05, 0) is 25.7 Å². The highest BCUT2D eigenvalue weighted by Crippen LogP contribution is 2.22. The van der Waals surface area contributed by atoms with Crippen LogP contribution >= 0.6 is 0 Å². The van der Waals surface area contributed by atoms with Gasteiger partial charge in [0, 0.05) is 0 Å². The van der Waals surface area contributed by atoms with Crippen LogP contribution in [0, 0.1) is 12.3 Å². The molecule has 0 amide bonds. The summed E-state index contributed by atoms with van der Waals surface area (Å²) in [5.41, 5.74) is 2.94. The van der Waals surface area contributed by atoms with Crippen molar-refractivity contribution < 1.29 is 0 Å². The van der Waals surface area contributed by atoms with Crippen LogP contribution in [0.3, 0.4) is 0 Å². The summed E-state index contributed by atoms with van der Waals surface area (Å²) in [6.45, 7) is 6.64. The number of allylic oxidation sites excluding steroid dienone is 4. The van der Waals surface area contributed by atoms with Crippen molar-refractivity contribution in [3.05, 3.63) is 29.7 Å². The van der Waals surface area contributed by atoms with E-state index in [1.54, 1.807) is 0 Å². The van der Waals surface area contributed by atoms with Gasteiger partial charge in [0.15, 0.2) is 0 Å². The maximum atomic E-state index is 2.32. The van der Waals surface area contributed by atoms with Crippen molar-refractivity contribution >= 4 is 0 Å². The average Bonchev–Trinajstić information content (AvgIpc) is 1.88. The van der Waals surface area contributed by atoms with Gasteiger partial charge in [0.2, 0.25) is 0 Å². The van der Waals surface area contributed by atoms with Gasteiger partial charge >= 0.3 is 0 Å². The van der Waals surface area contributed by atoms with Crippen LogP contribution in [0.5, 0.6) is 0 Å². The molecular formula is C10H15. The van der Waals surface area contributed by atoms with E-state index in [-0.39, 0.29) is 0 Å². The molecule has 1 rings (SSSR count). The molecular weight excluding hydrogens is 120 g/mol. The van der Waals surface area contributed by atoms with E-state index in [1.807, 2.05) is 0 Å². The molecule has 10 heavy (non-hydrogen) atoms. The van der Waals surface area contributed by atoms with Crippen LogP contribution in [-0.4, -0.2) is 0 Å². The summed E-state index contributed by atoms with van der Waals surface area (Å²) in [6, 6.07) is 0. The lowest BCUT2D eigenvalue weighted by atomic mass is 9.92. The lowest BCUT2D eigenvalue weighted by Crippen LogP contribution is -1.98. The number of hydrogen-bond acceptors (Lipinski definition) is 0. The van der Waals surface area contributed by atoms with Gasteiger partial charge < -0.3 is 0 Å². The third kappa shape index (κ3) is 1.73. The summed E-state index contributed by atoms with van der Waals surface area (Å²) >= 11 is 0. The Bertz CT molecular complexity index is 170. The van der Waals surface area contributed by atoms with Crippen molar-refractivity contribution in [1.82, 2.24) is 0 Å². The Balaban J connectivity index is 2.64. The fraction of sp³-hybridized carbons (Fsp3) is 0.500. The summed E-state index contributed by atoms with van der Waals surface area (Å²) in [5.74, 6) is 0.685. The van der Waals surface area contributed by atoms with Gasteiger partial charge in [0.1, 0.15) is 0 Å². The molecule has 0 aromatic carbocycles. The smallest absolute Gasteiger partial charge is 0.00914 e. The largest absolute Gasteiger partial charge is 0.0727 e. The van der Waals surface area contributed by atoms with Crippen molar-refractivity contribution in [2.75, 3.05) is 0 Å². The standard InChI is InChI=1S/C10H15/c1-8(2)10-6-4-9(3)5-7-10/h4,6-8H,5H2,1-3H3. The quantitative estimate of drug-likeness (QED) is 0.518. The van der Waals surface area contributed by atoms with E-state index >= 15 is 0 Å². The first-order chi connectivity index (χ1) is 4.70. The van der Waals surface area contributed by atoms with Crippen LogP contribution < -0.4 is 0 Å². The second kappa shape index (κ2) is 3.05. The topological polar surface area (TPSA) is 0 Å². The Labute approximate surface area is 63.6 Å². The minimum atomic E-state index is 0.685. The molecule has 0 atom stereocenters. The van der Waals surface area contributed by atoms with Crippen LogP contribution in [0.2, 0.25) is 0 Å². The zero-order valence-electron chi connectivity index (χ0n) is 7.02. The van der Waals surface area contributed by atoms with E-state index in [0.29, 0.717) is 5.92 Å². The molecule has 0 fully saturated rings. The van der Waals surface area contributed by atoms with Gasteiger partial charge in [-0.2, -0.15) is 0 Å². The molecule has 0 heteroatoms. The third-order valence-electron chi connectivity index (χ3n) is 1.89. The molecule has 0 aromatic heterocycles. The summed E-state index contributed by atoms with van der Waals surface area (Å²) in [5, 5.41) is 0. The van der Waals surface area contributed by atoms with Gasteiger partial charge in [-0.1, -0.05) is 37.1 Å². The van der Waals surface area contributed by atoms with Gasteiger partial charge in [0.05, 0.1) is 0 Å². The maximum Gasteiger partial charge on any atom is -0.00914 e. The molecule has 0 saturated heterocycles. The monoisotopic (exact) mass is 135 g/mol. The molecule has 0 N–H and O–H groups in total. The Morgan fingerprint density at radius 2 is 2.00 bits per heavy atom. The molecule has 0 aromatic rings. The highest BCUT2D eigenvalue weighted by Gasteiger charge is 2.06. The Morgan fingerprint density at radius 1 is 1.30 bits per heavy atom. The first-order valence-electron chi connectivity index (χ1n) is 3.90. The molecule has 1 radical (unpaired) electrons. The van der Waals surface area contributed by atoms with E-state index < -0.39 is 0 Å². The average molecular weight is 135 g/mol. The van der Waals surface area contributed by atoms with Crippen molar-refractivity contribution in [1.29, 1.82) is 0 Å². The zero-order chi connectivity index (χ0) is 7.56. The summed E-state index contributed by atoms with van der Waals surface area (Å²) in [7, 11) is 0. The summed E-state index contributed by atoms with van der Waals surface area (Å²) in [6.07, 6.45) is 7.91. The summed E-state index contributed by atoms with van der Waals surface area (Å²) in [4.78, 5) is 0. The van der Waals surface area contributed by atoms with Crippen molar-refractivity contribution in [2.45, 2.75) is 27.2 Å². The van der Waals surface area contributed by atoms with Crippen molar-refractivity contribution in [3.8, 4) is 0 Å². The second-order valence-corrected chi connectivity index (χ2v) is 3.24. The Kier molecular flexibility index (Phi) is 2.31. The van der Waals surface area contributed by atoms with Crippen LogP contribution in [0.25, 0.3) is 0 Å². The normalized spacial score (nSPS) is 18.8. The predicted molar refractivity (Wildman–Crippen MR) is 45.6 cm³/mol. The molecule has 0 nitrogen and oxygen atoms in total.